The van der Waals surface area contributed by atoms with E-state index in [2.05, 4.69) is 25.3 Å². The summed E-state index contributed by atoms with van der Waals surface area (Å²) in [7, 11) is 0. The van der Waals surface area contributed by atoms with Gasteiger partial charge >= 0.3 is 0 Å². The van der Waals surface area contributed by atoms with E-state index in [1.165, 1.54) is 0 Å². The molecule has 0 saturated carbocycles. The van der Waals surface area contributed by atoms with Crippen LogP contribution in [0.15, 0.2) is 0 Å². The minimum Gasteiger partial charge on any atom is -0.365 e. The number of unbranched alkanes of at least 4 members (excludes halogenated alkanes) is 1. The van der Waals surface area contributed by atoms with Crippen molar-refractivity contribution in [3.05, 3.63) is 0 Å². The Morgan fingerprint density at radius 1 is 1.47 bits per heavy atom. The quantitative estimate of drug-likeness (QED) is 0.705. The van der Waals surface area contributed by atoms with Crippen molar-refractivity contribution in [3.8, 4) is 0 Å². The lowest BCUT2D eigenvalue weighted by atomic mass is 9.79. The average Bonchev–Trinajstić information content (AvgIpc) is 2.07. The maximum Gasteiger partial charge on any atom is 0.218 e. The third kappa shape index (κ3) is 2.57. The first-order chi connectivity index (χ1) is 7.04. The summed E-state index contributed by atoms with van der Waals surface area (Å²) in [4.78, 5) is 22.8. The van der Waals surface area contributed by atoms with Gasteiger partial charge in [0, 0.05) is 6.42 Å². The molecule has 0 spiro atoms. The SMILES string of the molecule is CCCCC(C(=O)S)C1(C(=O)S)CCO1. The van der Waals surface area contributed by atoms with Crippen molar-refractivity contribution >= 4 is 35.5 Å². The van der Waals surface area contributed by atoms with Gasteiger partial charge in [-0.05, 0) is 6.42 Å². The van der Waals surface area contributed by atoms with Crippen molar-refractivity contribution in [1.82, 2.24) is 0 Å². The lowest BCUT2D eigenvalue weighted by Gasteiger charge is -2.43. The second-order valence-electron chi connectivity index (χ2n) is 3.83. The van der Waals surface area contributed by atoms with Crippen LogP contribution in [0.1, 0.15) is 32.6 Å². The second kappa shape index (κ2) is 5.37. The topological polar surface area (TPSA) is 43.4 Å². The van der Waals surface area contributed by atoms with Crippen LogP contribution in [0, 0.1) is 5.92 Å². The Hall–Kier alpha value is -0.0000000000000000763. The first-order valence-electron chi connectivity index (χ1n) is 5.14. The highest BCUT2D eigenvalue weighted by atomic mass is 32.1. The summed E-state index contributed by atoms with van der Waals surface area (Å²) in [5, 5.41) is -0.622. The normalized spacial score (nSPS) is 26.9. The van der Waals surface area contributed by atoms with Gasteiger partial charge in [0.15, 0.2) is 5.12 Å². The third-order valence-electron chi connectivity index (χ3n) is 2.90. The zero-order chi connectivity index (χ0) is 11.5. The maximum atomic E-state index is 11.4. The van der Waals surface area contributed by atoms with E-state index in [1.54, 1.807) is 0 Å². The van der Waals surface area contributed by atoms with Crippen LogP contribution in [0.25, 0.3) is 0 Å². The maximum absolute atomic E-state index is 11.4. The predicted octanol–water partition coefficient (Wildman–Crippen LogP) is 1.86. The molecule has 0 N–H and O–H groups in total. The van der Waals surface area contributed by atoms with Crippen molar-refractivity contribution < 1.29 is 14.3 Å². The Morgan fingerprint density at radius 2 is 2.07 bits per heavy atom. The van der Waals surface area contributed by atoms with Gasteiger partial charge in [-0.15, -0.1) is 25.3 Å². The van der Waals surface area contributed by atoms with Gasteiger partial charge in [-0.25, -0.2) is 0 Å². The number of carbonyl (C=O) groups excluding carboxylic acids is 2. The largest absolute Gasteiger partial charge is 0.365 e. The number of hydrogen-bond acceptors (Lipinski definition) is 3. The Morgan fingerprint density at radius 3 is 2.33 bits per heavy atom. The van der Waals surface area contributed by atoms with E-state index < -0.39 is 11.5 Å². The van der Waals surface area contributed by atoms with Crippen LogP contribution in [0.5, 0.6) is 0 Å². The molecule has 86 valence electrons. The molecule has 1 rings (SSSR count). The van der Waals surface area contributed by atoms with Crippen LogP contribution >= 0.6 is 25.3 Å². The summed E-state index contributed by atoms with van der Waals surface area (Å²) in [5.74, 6) is -0.445. The fraction of sp³-hybridized carbons (Fsp3) is 0.800. The molecule has 3 nitrogen and oxygen atoms in total. The summed E-state index contributed by atoms with van der Waals surface area (Å²) in [5.41, 5.74) is -0.989. The monoisotopic (exact) mass is 248 g/mol. The Bertz CT molecular complexity index is 261. The predicted molar refractivity (Wildman–Crippen MR) is 64.3 cm³/mol. The molecule has 2 unspecified atom stereocenters. The van der Waals surface area contributed by atoms with Crippen molar-refractivity contribution in [2.75, 3.05) is 6.61 Å². The van der Waals surface area contributed by atoms with Crippen LogP contribution in [-0.4, -0.2) is 22.4 Å². The Balaban J connectivity index is 2.77. The summed E-state index contributed by atoms with van der Waals surface area (Å²) in [6, 6.07) is 0. The molecule has 15 heavy (non-hydrogen) atoms. The lowest BCUT2D eigenvalue weighted by Crippen LogP contribution is -2.56. The molecular formula is C10H16O3S2. The molecule has 0 bridgehead atoms. The van der Waals surface area contributed by atoms with E-state index in [1.807, 2.05) is 6.92 Å². The average molecular weight is 248 g/mol. The van der Waals surface area contributed by atoms with Crippen molar-refractivity contribution in [1.29, 1.82) is 0 Å². The van der Waals surface area contributed by atoms with Gasteiger partial charge in [0.05, 0.1) is 12.5 Å². The molecule has 0 aliphatic carbocycles. The zero-order valence-corrected chi connectivity index (χ0v) is 10.5. The third-order valence-corrected chi connectivity index (χ3v) is 3.59. The molecule has 1 saturated heterocycles. The fourth-order valence-electron chi connectivity index (χ4n) is 1.88. The zero-order valence-electron chi connectivity index (χ0n) is 8.73. The van der Waals surface area contributed by atoms with E-state index in [4.69, 9.17) is 4.74 Å². The number of ether oxygens (including phenoxy) is 1. The molecule has 5 heteroatoms. The summed E-state index contributed by atoms with van der Waals surface area (Å²) < 4.78 is 5.30. The number of rotatable bonds is 6. The van der Waals surface area contributed by atoms with Crippen LogP contribution in [0.3, 0.4) is 0 Å². The number of hydrogen-bond donors (Lipinski definition) is 2. The molecular weight excluding hydrogens is 232 g/mol. The van der Waals surface area contributed by atoms with Crippen molar-refractivity contribution in [2.24, 2.45) is 5.92 Å². The van der Waals surface area contributed by atoms with E-state index >= 15 is 0 Å². The molecule has 0 aromatic carbocycles. The van der Waals surface area contributed by atoms with Crippen LogP contribution in [0.4, 0.5) is 0 Å². The summed E-state index contributed by atoms with van der Waals surface area (Å²) in [6.45, 7) is 2.56. The van der Waals surface area contributed by atoms with Gasteiger partial charge in [-0.2, -0.15) is 0 Å². The number of carbonyl (C=O) groups is 2. The van der Waals surface area contributed by atoms with E-state index in [9.17, 15) is 9.59 Å². The van der Waals surface area contributed by atoms with Gasteiger partial charge in [0.2, 0.25) is 5.12 Å². The minimum atomic E-state index is -0.989. The molecule has 1 aliphatic heterocycles. The van der Waals surface area contributed by atoms with E-state index in [0.717, 1.165) is 12.8 Å². The van der Waals surface area contributed by atoms with Crippen LogP contribution in [-0.2, 0) is 14.3 Å². The van der Waals surface area contributed by atoms with Crippen molar-refractivity contribution in [3.63, 3.8) is 0 Å². The fourth-order valence-corrected chi connectivity index (χ4v) is 2.55. The summed E-state index contributed by atoms with van der Waals surface area (Å²) >= 11 is 7.65. The molecule has 0 amide bonds. The second-order valence-corrected chi connectivity index (χ2v) is 4.67. The molecule has 0 aromatic rings. The molecule has 1 fully saturated rings. The summed E-state index contributed by atoms with van der Waals surface area (Å²) in [6.07, 6.45) is 3.10. The van der Waals surface area contributed by atoms with Gasteiger partial charge < -0.3 is 4.74 Å². The molecule has 2 atom stereocenters. The van der Waals surface area contributed by atoms with Crippen molar-refractivity contribution in [2.45, 2.75) is 38.2 Å². The molecule has 0 radical (unpaired) electrons. The highest BCUT2D eigenvalue weighted by molar-refractivity contribution is 7.97. The standard InChI is InChI=1S/C10H16O3S2/c1-2-3-4-7(8(11)14)10(9(12)15)5-6-13-10/h7H,2-6H2,1H3,(H,11,14)(H,12,15). The Labute approximate surface area is 101 Å². The molecule has 1 heterocycles. The van der Waals surface area contributed by atoms with E-state index in [-0.39, 0.29) is 10.2 Å². The van der Waals surface area contributed by atoms with E-state index in [0.29, 0.717) is 19.4 Å². The smallest absolute Gasteiger partial charge is 0.218 e. The van der Waals surface area contributed by atoms with Crippen LogP contribution < -0.4 is 0 Å². The first-order valence-corrected chi connectivity index (χ1v) is 6.04. The highest BCUT2D eigenvalue weighted by Crippen LogP contribution is 2.40. The highest BCUT2D eigenvalue weighted by Gasteiger charge is 2.52. The Kier molecular flexibility index (Phi) is 4.67. The minimum absolute atomic E-state index is 0.273. The van der Waals surface area contributed by atoms with Gasteiger partial charge in [-0.3, -0.25) is 9.59 Å². The van der Waals surface area contributed by atoms with Gasteiger partial charge in [0.25, 0.3) is 0 Å². The molecule has 0 aromatic heterocycles. The van der Waals surface area contributed by atoms with Crippen LogP contribution in [0.2, 0.25) is 0 Å². The van der Waals surface area contributed by atoms with Gasteiger partial charge in [-0.1, -0.05) is 19.8 Å². The number of thiol groups is 2. The first kappa shape index (κ1) is 13.1. The lowest BCUT2D eigenvalue weighted by molar-refractivity contribution is -0.184. The van der Waals surface area contributed by atoms with Gasteiger partial charge in [0.1, 0.15) is 5.60 Å². The molecule has 1 aliphatic rings.